The summed E-state index contributed by atoms with van der Waals surface area (Å²) in [5.74, 6) is 0.649. The summed E-state index contributed by atoms with van der Waals surface area (Å²) >= 11 is 1.46. The van der Waals surface area contributed by atoms with Crippen molar-refractivity contribution < 1.29 is 4.79 Å². The molecular formula is C23H21N5OS. The molecule has 1 aliphatic rings. The predicted molar refractivity (Wildman–Crippen MR) is 121 cm³/mol. The van der Waals surface area contributed by atoms with Crippen LogP contribution < -0.4 is 10.2 Å². The topological polar surface area (TPSA) is 71.0 Å². The third-order valence-electron chi connectivity index (χ3n) is 5.30. The first-order valence-corrected chi connectivity index (χ1v) is 10.8. The van der Waals surface area contributed by atoms with Crippen LogP contribution in [0.4, 0.5) is 11.1 Å². The van der Waals surface area contributed by atoms with Crippen LogP contribution in [-0.4, -0.2) is 27.4 Å². The lowest BCUT2D eigenvalue weighted by Gasteiger charge is -2.25. The van der Waals surface area contributed by atoms with Crippen molar-refractivity contribution in [2.75, 3.05) is 16.8 Å². The zero-order valence-corrected chi connectivity index (χ0v) is 17.4. The van der Waals surface area contributed by atoms with Crippen molar-refractivity contribution in [3.63, 3.8) is 0 Å². The number of hydrogen-bond acceptors (Lipinski definition) is 6. The van der Waals surface area contributed by atoms with Gasteiger partial charge < -0.3 is 10.2 Å². The summed E-state index contributed by atoms with van der Waals surface area (Å²) in [6.07, 6.45) is 4.07. The van der Waals surface area contributed by atoms with Crippen molar-refractivity contribution in [2.24, 2.45) is 0 Å². The van der Waals surface area contributed by atoms with Crippen LogP contribution in [0.15, 0.2) is 60.8 Å². The molecule has 1 N–H and O–H groups in total. The van der Waals surface area contributed by atoms with E-state index in [4.69, 9.17) is 4.98 Å². The normalized spacial score (nSPS) is 16.2. The monoisotopic (exact) mass is 415 g/mol. The molecule has 0 spiro atoms. The molecule has 1 unspecified atom stereocenters. The molecule has 0 saturated carbocycles. The maximum absolute atomic E-state index is 11.3. The number of hydrogen-bond donors (Lipinski definition) is 1. The molecule has 1 amide bonds. The Hall–Kier alpha value is -3.32. The third-order valence-corrected chi connectivity index (χ3v) is 6.24. The molecule has 0 bridgehead atoms. The number of rotatable bonds is 4. The van der Waals surface area contributed by atoms with Gasteiger partial charge in [0.15, 0.2) is 5.13 Å². The van der Waals surface area contributed by atoms with Gasteiger partial charge in [0.25, 0.3) is 0 Å². The first-order chi connectivity index (χ1) is 14.7. The van der Waals surface area contributed by atoms with Gasteiger partial charge >= 0.3 is 0 Å². The van der Waals surface area contributed by atoms with Crippen molar-refractivity contribution in [1.82, 2.24) is 15.0 Å². The molecule has 2 aromatic heterocycles. The average Bonchev–Trinajstić information content (AvgIpc) is 3.40. The van der Waals surface area contributed by atoms with Crippen molar-refractivity contribution >= 4 is 38.5 Å². The molecular weight excluding hydrogens is 394 g/mol. The number of fused-ring (bicyclic) bond motifs is 1. The number of anilines is 2. The molecule has 7 heteroatoms. The fraction of sp³-hybridized carbons (Fsp3) is 0.217. The van der Waals surface area contributed by atoms with Crippen LogP contribution in [0, 0.1) is 0 Å². The molecule has 0 aliphatic carbocycles. The van der Waals surface area contributed by atoms with Gasteiger partial charge in [-0.05, 0) is 36.6 Å². The Morgan fingerprint density at radius 3 is 2.83 bits per heavy atom. The van der Waals surface area contributed by atoms with Crippen LogP contribution >= 0.6 is 11.3 Å². The van der Waals surface area contributed by atoms with Crippen LogP contribution in [0.2, 0.25) is 0 Å². The molecule has 1 saturated heterocycles. The Bertz CT molecular complexity index is 1210. The minimum absolute atomic E-state index is 0.117. The van der Waals surface area contributed by atoms with E-state index >= 15 is 0 Å². The Morgan fingerprint density at radius 2 is 2.00 bits per heavy atom. The lowest BCUT2D eigenvalue weighted by atomic mass is 10.1. The highest BCUT2D eigenvalue weighted by Gasteiger charge is 2.28. The minimum atomic E-state index is -0.117. The SMILES string of the molecule is CC(=O)Nc1nc2ccc(-c3ccnc(N4CCCC4c4ccccc4)n3)cc2s1. The van der Waals surface area contributed by atoms with Gasteiger partial charge in [0, 0.05) is 25.2 Å². The fourth-order valence-corrected chi connectivity index (χ4v) is 4.91. The number of carbonyl (C=O) groups is 1. The largest absolute Gasteiger partial charge is 0.334 e. The van der Waals surface area contributed by atoms with Crippen molar-refractivity contribution in [2.45, 2.75) is 25.8 Å². The first kappa shape index (κ1) is 18.7. The molecule has 0 radical (unpaired) electrons. The quantitative estimate of drug-likeness (QED) is 0.505. The van der Waals surface area contributed by atoms with Crippen LogP contribution in [0.1, 0.15) is 31.4 Å². The molecule has 30 heavy (non-hydrogen) atoms. The van der Waals surface area contributed by atoms with E-state index in [2.05, 4.69) is 50.5 Å². The highest BCUT2D eigenvalue weighted by molar-refractivity contribution is 7.22. The third kappa shape index (κ3) is 3.64. The molecule has 6 nitrogen and oxygen atoms in total. The van der Waals surface area contributed by atoms with Crippen LogP contribution in [0.5, 0.6) is 0 Å². The van der Waals surface area contributed by atoms with Crippen molar-refractivity contribution in [1.29, 1.82) is 0 Å². The smallest absolute Gasteiger partial charge is 0.226 e. The highest BCUT2D eigenvalue weighted by Crippen LogP contribution is 2.35. The lowest BCUT2D eigenvalue weighted by Crippen LogP contribution is -2.24. The zero-order valence-electron chi connectivity index (χ0n) is 16.6. The first-order valence-electron chi connectivity index (χ1n) is 10.0. The predicted octanol–water partition coefficient (Wildman–Crippen LogP) is 5.05. The van der Waals surface area contributed by atoms with E-state index in [0.717, 1.165) is 46.8 Å². The summed E-state index contributed by atoms with van der Waals surface area (Å²) in [4.78, 5) is 27.5. The summed E-state index contributed by atoms with van der Waals surface area (Å²) < 4.78 is 1.01. The van der Waals surface area contributed by atoms with E-state index in [1.54, 1.807) is 0 Å². The standard InChI is InChI=1S/C23H21N5OS/c1-15(29)25-23-27-19-10-9-17(14-21(19)30-23)18-11-12-24-22(26-18)28-13-5-8-20(28)16-6-3-2-4-7-16/h2-4,6-7,9-12,14,20H,5,8,13H2,1H3,(H,25,27,29). The maximum atomic E-state index is 11.3. The van der Waals surface area contributed by atoms with E-state index in [1.807, 2.05) is 30.5 Å². The van der Waals surface area contributed by atoms with E-state index in [0.29, 0.717) is 11.2 Å². The Labute approximate surface area is 178 Å². The lowest BCUT2D eigenvalue weighted by molar-refractivity contribution is -0.114. The molecule has 2 aromatic carbocycles. The maximum Gasteiger partial charge on any atom is 0.226 e. The Kier molecular flexibility index (Phi) is 4.88. The molecule has 5 rings (SSSR count). The number of carbonyl (C=O) groups excluding carboxylic acids is 1. The van der Waals surface area contributed by atoms with Gasteiger partial charge in [0.05, 0.1) is 22.0 Å². The van der Waals surface area contributed by atoms with Gasteiger partial charge in [-0.25, -0.2) is 15.0 Å². The Balaban J connectivity index is 1.46. The van der Waals surface area contributed by atoms with Gasteiger partial charge in [0.1, 0.15) is 0 Å². The van der Waals surface area contributed by atoms with E-state index in [1.165, 1.54) is 23.8 Å². The van der Waals surface area contributed by atoms with Gasteiger partial charge in [-0.3, -0.25) is 4.79 Å². The summed E-state index contributed by atoms with van der Waals surface area (Å²) in [6, 6.07) is 18.9. The number of benzene rings is 2. The molecule has 1 atom stereocenters. The number of nitrogens with zero attached hydrogens (tertiary/aromatic N) is 4. The second kappa shape index (κ2) is 7.84. The van der Waals surface area contributed by atoms with E-state index in [-0.39, 0.29) is 5.91 Å². The summed E-state index contributed by atoms with van der Waals surface area (Å²) in [5, 5.41) is 3.37. The summed E-state index contributed by atoms with van der Waals surface area (Å²) in [5.41, 5.74) is 4.07. The van der Waals surface area contributed by atoms with Crippen molar-refractivity contribution in [3.8, 4) is 11.3 Å². The van der Waals surface area contributed by atoms with Crippen molar-refractivity contribution in [3.05, 3.63) is 66.4 Å². The molecule has 4 aromatic rings. The molecule has 1 aliphatic heterocycles. The number of amides is 1. The fourth-order valence-electron chi connectivity index (χ4n) is 3.96. The van der Waals surface area contributed by atoms with E-state index in [9.17, 15) is 4.79 Å². The molecule has 1 fully saturated rings. The second-order valence-corrected chi connectivity index (χ2v) is 8.42. The zero-order chi connectivity index (χ0) is 20.5. The molecule has 3 heterocycles. The van der Waals surface area contributed by atoms with Gasteiger partial charge in [-0.15, -0.1) is 0 Å². The van der Waals surface area contributed by atoms with Crippen LogP contribution in [-0.2, 0) is 4.79 Å². The Morgan fingerprint density at radius 1 is 1.13 bits per heavy atom. The molecule has 150 valence electrons. The minimum Gasteiger partial charge on any atom is -0.334 e. The number of thiazole rings is 1. The average molecular weight is 416 g/mol. The second-order valence-electron chi connectivity index (χ2n) is 7.39. The highest BCUT2D eigenvalue weighted by atomic mass is 32.1. The van der Waals surface area contributed by atoms with Gasteiger partial charge in [-0.1, -0.05) is 47.7 Å². The number of aromatic nitrogens is 3. The van der Waals surface area contributed by atoms with Gasteiger partial charge in [-0.2, -0.15) is 0 Å². The number of nitrogens with one attached hydrogen (secondary N) is 1. The summed E-state index contributed by atoms with van der Waals surface area (Å²) in [7, 11) is 0. The van der Waals surface area contributed by atoms with Crippen LogP contribution in [0.3, 0.4) is 0 Å². The van der Waals surface area contributed by atoms with Crippen LogP contribution in [0.25, 0.3) is 21.5 Å². The van der Waals surface area contributed by atoms with E-state index < -0.39 is 0 Å². The summed E-state index contributed by atoms with van der Waals surface area (Å²) in [6.45, 7) is 2.44. The van der Waals surface area contributed by atoms with Gasteiger partial charge in [0.2, 0.25) is 11.9 Å².